The van der Waals surface area contributed by atoms with E-state index in [0.29, 0.717) is 48.1 Å². The van der Waals surface area contributed by atoms with Gasteiger partial charge in [0.1, 0.15) is 13.2 Å². The second-order valence-electron chi connectivity index (χ2n) is 4.79. The van der Waals surface area contributed by atoms with Crippen LogP contribution in [0.4, 0.5) is 0 Å². The van der Waals surface area contributed by atoms with Crippen molar-refractivity contribution in [1.82, 2.24) is 0 Å². The fourth-order valence-electron chi connectivity index (χ4n) is 2.55. The topological polar surface area (TPSA) is 55.8 Å². The van der Waals surface area contributed by atoms with Crippen LogP contribution in [0.15, 0.2) is 6.07 Å². The van der Waals surface area contributed by atoms with Crippen molar-refractivity contribution in [3.05, 3.63) is 22.2 Å². The molecule has 1 aliphatic carbocycles. The van der Waals surface area contributed by atoms with Gasteiger partial charge in [0.15, 0.2) is 11.5 Å². The lowest BCUT2D eigenvalue weighted by Gasteiger charge is -2.24. The van der Waals surface area contributed by atoms with Crippen molar-refractivity contribution in [1.29, 1.82) is 0 Å². The quantitative estimate of drug-likeness (QED) is 0.896. The van der Waals surface area contributed by atoms with E-state index in [4.69, 9.17) is 21.1 Å². The molecule has 1 aromatic rings. The fraction of sp³-hybridized carbons (Fsp3) is 0.462. The molecule has 1 fully saturated rings. The van der Waals surface area contributed by atoms with Gasteiger partial charge in [0, 0.05) is 0 Å². The highest BCUT2D eigenvalue weighted by Crippen LogP contribution is 2.55. The highest BCUT2D eigenvalue weighted by molar-refractivity contribution is 6.33. The normalized spacial score (nSPS) is 19.4. The molecule has 96 valence electrons. The predicted molar refractivity (Wildman–Crippen MR) is 65.7 cm³/mol. The molecule has 2 aliphatic rings. The lowest BCUT2D eigenvalue weighted by atomic mass is 9.91. The number of hydrogen-bond acceptors (Lipinski definition) is 3. The molecule has 0 amide bonds. The van der Waals surface area contributed by atoms with E-state index in [9.17, 15) is 9.90 Å². The molecule has 1 saturated carbocycles. The zero-order valence-corrected chi connectivity index (χ0v) is 10.7. The zero-order chi connectivity index (χ0) is 12.9. The number of benzene rings is 1. The molecule has 0 spiro atoms. The minimum Gasteiger partial charge on any atom is -0.486 e. The lowest BCUT2D eigenvalue weighted by molar-refractivity contribution is -0.140. The molecule has 3 rings (SSSR count). The van der Waals surface area contributed by atoms with Crippen molar-refractivity contribution in [2.75, 3.05) is 13.2 Å². The molecular weight excluding hydrogens is 256 g/mol. The Hall–Kier alpha value is -1.42. The maximum absolute atomic E-state index is 11.4. The van der Waals surface area contributed by atoms with E-state index in [2.05, 4.69) is 0 Å². The molecule has 0 unspecified atom stereocenters. The van der Waals surface area contributed by atoms with Crippen molar-refractivity contribution >= 4 is 17.6 Å². The van der Waals surface area contributed by atoms with Crippen molar-refractivity contribution in [2.45, 2.75) is 25.2 Å². The van der Waals surface area contributed by atoms with Gasteiger partial charge in [0.25, 0.3) is 0 Å². The maximum Gasteiger partial charge on any atom is 0.314 e. The van der Waals surface area contributed by atoms with E-state index in [1.165, 1.54) is 0 Å². The smallest absolute Gasteiger partial charge is 0.314 e. The SMILES string of the molecule is Cc1cc2c(c(Cl)c1C1(C(=O)O)CC1)OCCO2. The van der Waals surface area contributed by atoms with Crippen LogP contribution in [0.1, 0.15) is 24.0 Å². The van der Waals surface area contributed by atoms with Crippen LogP contribution in [0.2, 0.25) is 5.02 Å². The van der Waals surface area contributed by atoms with E-state index >= 15 is 0 Å². The molecule has 4 nitrogen and oxygen atoms in total. The number of fused-ring (bicyclic) bond motifs is 1. The number of hydrogen-bond donors (Lipinski definition) is 1. The van der Waals surface area contributed by atoms with Gasteiger partial charge in [0.2, 0.25) is 0 Å². The highest BCUT2D eigenvalue weighted by atomic mass is 35.5. The third-order valence-corrected chi connectivity index (χ3v) is 3.97. The average molecular weight is 269 g/mol. The van der Waals surface area contributed by atoms with Gasteiger partial charge in [-0.1, -0.05) is 11.6 Å². The molecule has 5 heteroatoms. The number of ether oxygens (including phenoxy) is 2. The summed E-state index contributed by atoms with van der Waals surface area (Å²) in [6.45, 7) is 2.80. The van der Waals surface area contributed by atoms with Gasteiger partial charge < -0.3 is 14.6 Å². The van der Waals surface area contributed by atoms with Crippen molar-refractivity contribution in [2.24, 2.45) is 0 Å². The molecule has 0 aromatic heterocycles. The summed E-state index contributed by atoms with van der Waals surface area (Å²) < 4.78 is 11.0. The van der Waals surface area contributed by atoms with E-state index in [0.717, 1.165) is 5.56 Å². The minimum absolute atomic E-state index is 0.393. The summed E-state index contributed by atoms with van der Waals surface area (Å²) >= 11 is 6.33. The molecule has 0 bridgehead atoms. The largest absolute Gasteiger partial charge is 0.486 e. The maximum atomic E-state index is 11.4. The third-order valence-electron chi connectivity index (χ3n) is 3.61. The summed E-state index contributed by atoms with van der Waals surface area (Å²) in [7, 11) is 0. The number of carboxylic acid groups (broad SMARTS) is 1. The van der Waals surface area contributed by atoms with Crippen LogP contribution in [0.5, 0.6) is 11.5 Å². The minimum atomic E-state index is -0.822. The first kappa shape index (κ1) is 11.7. The molecule has 1 heterocycles. The Balaban J connectivity index is 2.19. The van der Waals surface area contributed by atoms with Gasteiger partial charge >= 0.3 is 5.97 Å². The van der Waals surface area contributed by atoms with E-state index in [1.54, 1.807) is 0 Å². The Kier molecular flexibility index (Phi) is 2.45. The first-order valence-electron chi connectivity index (χ1n) is 5.89. The Morgan fingerprint density at radius 2 is 2.06 bits per heavy atom. The van der Waals surface area contributed by atoms with Gasteiger partial charge in [-0.3, -0.25) is 4.79 Å². The van der Waals surface area contributed by atoms with Gasteiger partial charge in [-0.25, -0.2) is 0 Å². The summed E-state index contributed by atoms with van der Waals surface area (Å²) in [5.74, 6) is 0.272. The van der Waals surface area contributed by atoms with Crippen LogP contribution in [0.3, 0.4) is 0 Å². The van der Waals surface area contributed by atoms with Crippen LogP contribution in [0, 0.1) is 6.92 Å². The first-order valence-corrected chi connectivity index (χ1v) is 6.26. The summed E-state index contributed by atoms with van der Waals surface area (Å²) in [4.78, 5) is 11.4. The van der Waals surface area contributed by atoms with Crippen LogP contribution in [-0.2, 0) is 10.2 Å². The number of carbonyl (C=O) groups is 1. The van der Waals surface area contributed by atoms with Crippen LogP contribution in [-0.4, -0.2) is 24.3 Å². The second-order valence-corrected chi connectivity index (χ2v) is 5.17. The number of aliphatic carboxylic acids is 1. The lowest BCUT2D eigenvalue weighted by Crippen LogP contribution is -2.23. The summed E-state index contributed by atoms with van der Waals surface area (Å²) in [5.41, 5.74) is 0.710. The van der Waals surface area contributed by atoms with Crippen molar-refractivity contribution in [3.63, 3.8) is 0 Å². The number of carboxylic acids is 1. The fourth-order valence-corrected chi connectivity index (χ4v) is 3.03. The summed E-state index contributed by atoms with van der Waals surface area (Å²) in [6.07, 6.45) is 1.26. The Morgan fingerprint density at radius 3 is 2.67 bits per heavy atom. The predicted octanol–water partition coefficient (Wildman–Crippen LogP) is 2.54. The van der Waals surface area contributed by atoms with E-state index in [1.807, 2.05) is 13.0 Å². The molecule has 1 N–H and O–H groups in total. The van der Waals surface area contributed by atoms with E-state index < -0.39 is 11.4 Å². The molecule has 18 heavy (non-hydrogen) atoms. The standard InChI is InChI=1S/C13H13ClO4/c1-7-6-8-11(18-5-4-17-8)10(14)9(7)13(2-3-13)12(15)16/h6H,2-5H2,1H3,(H,15,16). The zero-order valence-electron chi connectivity index (χ0n) is 9.96. The highest BCUT2D eigenvalue weighted by Gasteiger charge is 2.54. The average Bonchev–Trinajstić information content (AvgIpc) is 3.10. The van der Waals surface area contributed by atoms with Gasteiger partial charge in [-0.15, -0.1) is 0 Å². The van der Waals surface area contributed by atoms with Crippen molar-refractivity contribution < 1.29 is 19.4 Å². The van der Waals surface area contributed by atoms with Crippen molar-refractivity contribution in [3.8, 4) is 11.5 Å². The Morgan fingerprint density at radius 1 is 1.39 bits per heavy atom. The summed E-state index contributed by atoms with van der Waals surface area (Å²) in [6, 6.07) is 1.82. The molecule has 0 radical (unpaired) electrons. The van der Waals surface area contributed by atoms with Gasteiger partial charge in [-0.2, -0.15) is 0 Å². The second kappa shape index (κ2) is 3.79. The molecular formula is C13H13ClO4. The first-order chi connectivity index (χ1) is 8.56. The van der Waals surface area contributed by atoms with E-state index in [-0.39, 0.29) is 0 Å². The third kappa shape index (κ3) is 1.48. The van der Waals surface area contributed by atoms with Crippen LogP contribution in [0.25, 0.3) is 0 Å². The van der Waals surface area contributed by atoms with Gasteiger partial charge in [-0.05, 0) is 37.0 Å². The van der Waals surface area contributed by atoms with Crippen LogP contribution < -0.4 is 9.47 Å². The van der Waals surface area contributed by atoms with Gasteiger partial charge in [0.05, 0.1) is 10.4 Å². The molecule has 1 aliphatic heterocycles. The summed E-state index contributed by atoms with van der Waals surface area (Å²) in [5, 5.41) is 9.77. The Bertz CT molecular complexity index is 534. The molecule has 0 saturated heterocycles. The number of aryl methyl sites for hydroxylation is 1. The Labute approximate surface area is 109 Å². The van der Waals surface area contributed by atoms with Crippen LogP contribution >= 0.6 is 11.6 Å². The molecule has 0 atom stereocenters. The molecule has 1 aromatic carbocycles. The number of halogens is 1. The monoisotopic (exact) mass is 268 g/mol. The number of rotatable bonds is 2.